The number of morpholine rings is 1. The van der Waals surface area contributed by atoms with Crippen molar-refractivity contribution in [3.05, 3.63) is 29.1 Å². The van der Waals surface area contributed by atoms with E-state index in [4.69, 9.17) is 4.74 Å². The van der Waals surface area contributed by atoms with Crippen LogP contribution in [-0.2, 0) is 4.74 Å². The van der Waals surface area contributed by atoms with Gasteiger partial charge in [0.25, 0.3) is 5.91 Å². The van der Waals surface area contributed by atoms with Crippen LogP contribution in [0.4, 0.5) is 0 Å². The zero-order valence-electron chi connectivity index (χ0n) is 10.8. The number of rotatable bonds is 3. The predicted molar refractivity (Wildman–Crippen MR) is 68.7 cm³/mol. The number of aromatic nitrogens is 1. The number of pyridine rings is 1. The molecule has 1 fully saturated rings. The van der Waals surface area contributed by atoms with E-state index in [0.717, 1.165) is 24.5 Å². The van der Waals surface area contributed by atoms with Crippen molar-refractivity contribution in [2.45, 2.75) is 20.0 Å². The highest BCUT2D eigenvalue weighted by Crippen LogP contribution is 2.06. The number of carbonyl (C=O) groups excluding carboxylic acids is 1. The summed E-state index contributed by atoms with van der Waals surface area (Å²) in [4.78, 5) is 16.3. The summed E-state index contributed by atoms with van der Waals surface area (Å²) in [5.41, 5.74) is 2.31. The molecule has 5 nitrogen and oxygen atoms in total. The predicted octanol–water partition coefficient (Wildman–Crippen LogP) is 0.417. The number of carbonyl (C=O) groups is 1. The van der Waals surface area contributed by atoms with Crippen LogP contribution in [0.25, 0.3) is 0 Å². The molecule has 1 atom stereocenters. The van der Waals surface area contributed by atoms with Gasteiger partial charge in [0.15, 0.2) is 0 Å². The van der Waals surface area contributed by atoms with Crippen LogP contribution in [0.1, 0.15) is 21.7 Å². The smallest absolute Gasteiger partial charge is 0.253 e. The van der Waals surface area contributed by atoms with Crippen LogP contribution >= 0.6 is 0 Å². The van der Waals surface area contributed by atoms with E-state index >= 15 is 0 Å². The number of nitrogens with zero attached hydrogens (tertiary/aromatic N) is 1. The minimum Gasteiger partial charge on any atom is -0.374 e. The maximum absolute atomic E-state index is 12.0. The summed E-state index contributed by atoms with van der Waals surface area (Å²) in [7, 11) is 0. The molecule has 1 saturated heterocycles. The van der Waals surface area contributed by atoms with E-state index in [0.29, 0.717) is 18.7 Å². The highest BCUT2D eigenvalue weighted by atomic mass is 16.5. The normalized spacial score (nSPS) is 19.6. The van der Waals surface area contributed by atoms with Gasteiger partial charge in [0.1, 0.15) is 0 Å². The Bertz CT molecular complexity index is 428. The molecule has 0 aromatic carbocycles. The number of aryl methyl sites for hydroxylation is 2. The van der Waals surface area contributed by atoms with Gasteiger partial charge in [-0.05, 0) is 26.0 Å². The molecular formula is C13H19N3O2. The number of hydrogen-bond donors (Lipinski definition) is 2. The van der Waals surface area contributed by atoms with Gasteiger partial charge in [-0.25, -0.2) is 0 Å². The fourth-order valence-corrected chi connectivity index (χ4v) is 1.98. The van der Waals surface area contributed by atoms with Crippen molar-refractivity contribution in [2.75, 3.05) is 26.2 Å². The van der Waals surface area contributed by atoms with Gasteiger partial charge in [-0.1, -0.05) is 0 Å². The summed E-state index contributed by atoms with van der Waals surface area (Å²) in [6, 6.07) is 3.66. The zero-order valence-corrected chi connectivity index (χ0v) is 10.8. The van der Waals surface area contributed by atoms with E-state index in [9.17, 15) is 4.79 Å². The molecule has 98 valence electrons. The van der Waals surface area contributed by atoms with E-state index in [-0.39, 0.29) is 12.0 Å². The van der Waals surface area contributed by atoms with Gasteiger partial charge in [-0.15, -0.1) is 0 Å². The van der Waals surface area contributed by atoms with Crippen molar-refractivity contribution in [2.24, 2.45) is 0 Å². The maximum atomic E-state index is 12.0. The summed E-state index contributed by atoms with van der Waals surface area (Å²) in [5.74, 6) is -0.0887. The number of amides is 1. The molecule has 0 bridgehead atoms. The van der Waals surface area contributed by atoms with Gasteiger partial charge in [0.2, 0.25) is 0 Å². The second kappa shape index (κ2) is 5.93. The summed E-state index contributed by atoms with van der Waals surface area (Å²) in [6.45, 7) is 6.65. The van der Waals surface area contributed by atoms with Gasteiger partial charge in [-0.2, -0.15) is 0 Å². The molecule has 1 aromatic heterocycles. The van der Waals surface area contributed by atoms with E-state index in [2.05, 4.69) is 15.6 Å². The van der Waals surface area contributed by atoms with Crippen LogP contribution in [0.5, 0.6) is 0 Å². The molecule has 2 heterocycles. The van der Waals surface area contributed by atoms with Crippen LogP contribution in [-0.4, -0.2) is 43.2 Å². The van der Waals surface area contributed by atoms with Gasteiger partial charge in [-0.3, -0.25) is 9.78 Å². The number of hydrogen-bond acceptors (Lipinski definition) is 4. The summed E-state index contributed by atoms with van der Waals surface area (Å²) in [6.07, 6.45) is 0.0569. The van der Waals surface area contributed by atoms with Crippen LogP contribution in [0, 0.1) is 13.8 Å². The Hall–Kier alpha value is -1.46. The largest absolute Gasteiger partial charge is 0.374 e. The van der Waals surface area contributed by atoms with Crippen molar-refractivity contribution >= 4 is 5.91 Å². The second-order valence-electron chi connectivity index (χ2n) is 4.49. The molecule has 2 N–H and O–H groups in total. The first-order valence-electron chi connectivity index (χ1n) is 6.21. The lowest BCUT2D eigenvalue weighted by Gasteiger charge is -2.23. The molecule has 0 saturated carbocycles. The molecule has 0 spiro atoms. The summed E-state index contributed by atoms with van der Waals surface area (Å²) in [5, 5.41) is 6.11. The van der Waals surface area contributed by atoms with Crippen molar-refractivity contribution < 1.29 is 9.53 Å². The lowest BCUT2D eigenvalue weighted by atomic mass is 10.1. The lowest BCUT2D eigenvalue weighted by Crippen LogP contribution is -2.45. The standard InChI is InChI=1S/C13H19N3O2/c1-9-3-4-12(10(2)16-9)13(17)15-8-11-7-14-5-6-18-11/h3-4,11,14H,5-8H2,1-2H3,(H,15,17). The van der Waals surface area contributed by atoms with E-state index in [1.165, 1.54) is 0 Å². The molecule has 2 rings (SSSR count). The first kappa shape index (κ1) is 13.0. The van der Waals surface area contributed by atoms with Crippen LogP contribution in [0.3, 0.4) is 0 Å². The van der Waals surface area contributed by atoms with Crippen molar-refractivity contribution in [1.29, 1.82) is 0 Å². The van der Waals surface area contributed by atoms with E-state index in [1.54, 1.807) is 0 Å². The van der Waals surface area contributed by atoms with Gasteiger partial charge < -0.3 is 15.4 Å². The highest BCUT2D eigenvalue weighted by molar-refractivity contribution is 5.95. The molecule has 1 aromatic rings. The maximum Gasteiger partial charge on any atom is 0.253 e. The topological polar surface area (TPSA) is 63.2 Å². The van der Waals surface area contributed by atoms with Crippen molar-refractivity contribution in [1.82, 2.24) is 15.6 Å². The quantitative estimate of drug-likeness (QED) is 0.815. The van der Waals surface area contributed by atoms with Gasteiger partial charge in [0, 0.05) is 25.3 Å². The van der Waals surface area contributed by atoms with Gasteiger partial charge >= 0.3 is 0 Å². The third-order valence-corrected chi connectivity index (χ3v) is 2.96. The highest BCUT2D eigenvalue weighted by Gasteiger charge is 2.16. The summed E-state index contributed by atoms with van der Waals surface area (Å²) >= 11 is 0. The third kappa shape index (κ3) is 3.27. The number of nitrogens with one attached hydrogen (secondary N) is 2. The zero-order chi connectivity index (χ0) is 13.0. The van der Waals surface area contributed by atoms with Crippen molar-refractivity contribution in [3.63, 3.8) is 0 Å². The molecule has 1 aliphatic heterocycles. The minimum atomic E-state index is -0.0887. The Labute approximate surface area is 107 Å². The second-order valence-corrected chi connectivity index (χ2v) is 4.49. The van der Waals surface area contributed by atoms with Gasteiger partial charge in [0.05, 0.1) is 24.0 Å². The molecule has 5 heteroatoms. The Kier molecular flexibility index (Phi) is 4.28. The average Bonchev–Trinajstić information content (AvgIpc) is 2.37. The first-order valence-corrected chi connectivity index (χ1v) is 6.21. The summed E-state index contributed by atoms with van der Waals surface area (Å²) < 4.78 is 5.52. The van der Waals surface area contributed by atoms with Crippen molar-refractivity contribution in [3.8, 4) is 0 Å². The number of ether oxygens (including phenoxy) is 1. The monoisotopic (exact) mass is 249 g/mol. The molecule has 18 heavy (non-hydrogen) atoms. The molecule has 0 aliphatic carbocycles. The van der Waals surface area contributed by atoms with Crippen LogP contribution in [0.2, 0.25) is 0 Å². The molecule has 1 amide bonds. The lowest BCUT2D eigenvalue weighted by molar-refractivity contribution is 0.0287. The Morgan fingerprint density at radius 1 is 1.56 bits per heavy atom. The van der Waals surface area contributed by atoms with Crippen LogP contribution in [0.15, 0.2) is 12.1 Å². The minimum absolute atomic E-state index is 0.0569. The molecule has 1 unspecified atom stereocenters. The Morgan fingerprint density at radius 3 is 3.06 bits per heavy atom. The Balaban J connectivity index is 1.90. The fourth-order valence-electron chi connectivity index (χ4n) is 1.98. The SMILES string of the molecule is Cc1ccc(C(=O)NCC2CNCCO2)c(C)n1. The third-order valence-electron chi connectivity index (χ3n) is 2.96. The van der Waals surface area contributed by atoms with Crippen LogP contribution < -0.4 is 10.6 Å². The molecule has 0 radical (unpaired) electrons. The average molecular weight is 249 g/mol. The fraction of sp³-hybridized carbons (Fsp3) is 0.538. The molecular weight excluding hydrogens is 230 g/mol. The Morgan fingerprint density at radius 2 is 2.39 bits per heavy atom. The first-order chi connectivity index (χ1) is 8.66. The van der Waals surface area contributed by atoms with E-state index < -0.39 is 0 Å². The molecule has 1 aliphatic rings. The van der Waals surface area contributed by atoms with E-state index in [1.807, 2.05) is 26.0 Å².